The Morgan fingerprint density at radius 3 is 2.02 bits per heavy atom. The molecule has 3 saturated carbocycles. The second-order valence-electron chi connectivity index (χ2n) is 13.6. The Kier molecular flexibility index (Phi) is 7.15. The molecule has 0 radical (unpaired) electrons. The summed E-state index contributed by atoms with van der Waals surface area (Å²) in [4.78, 5) is 12.2. The molecular weight excluding hydrogens is 528 g/mol. The Hall–Kier alpha value is -3.53. The molecule has 4 aliphatic carbocycles. The second-order valence-corrected chi connectivity index (χ2v) is 13.6. The fraction of sp³-hybridized carbons (Fsp3) is 0.375. The zero-order valence-corrected chi connectivity index (χ0v) is 25.3. The first-order valence-corrected chi connectivity index (χ1v) is 16.0. The number of carbonyl (C=O) groups excluding carboxylic acids is 1. The van der Waals surface area contributed by atoms with Crippen LogP contribution in [0.15, 0.2) is 126 Å². The van der Waals surface area contributed by atoms with E-state index in [1.165, 1.54) is 11.1 Å². The number of hydrogen-bond donors (Lipinski definition) is 1. The first-order valence-electron chi connectivity index (χ1n) is 16.0. The quantitative estimate of drug-likeness (QED) is 0.240. The number of aliphatic hydroxyl groups excluding tert-OH is 1. The maximum Gasteiger partial charge on any atom is 0.178 e. The van der Waals surface area contributed by atoms with Crippen LogP contribution in [0.5, 0.6) is 0 Å². The van der Waals surface area contributed by atoms with Crippen molar-refractivity contribution in [1.82, 2.24) is 0 Å². The van der Waals surface area contributed by atoms with E-state index in [1.54, 1.807) is 6.08 Å². The average molecular weight is 571 g/mol. The lowest BCUT2D eigenvalue weighted by Crippen LogP contribution is -2.55. The van der Waals surface area contributed by atoms with Crippen LogP contribution < -0.4 is 0 Å². The second kappa shape index (κ2) is 10.9. The summed E-state index contributed by atoms with van der Waals surface area (Å²) in [6.07, 6.45) is 12.5. The summed E-state index contributed by atoms with van der Waals surface area (Å²) in [6, 6.07) is 31.7. The number of hydrogen-bond acceptors (Lipinski definition) is 3. The molecule has 0 aromatic heterocycles. The van der Waals surface area contributed by atoms with Crippen LogP contribution in [0.3, 0.4) is 0 Å². The summed E-state index contributed by atoms with van der Waals surface area (Å²) in [5, 5.41) is 11.8. The van der Waals surface area contributed by atoms with E-state index in [0.29, 0.717) is 18.4 Å². The molecule has 3 nitrogen and oxygen atoms in total. The predicted octanol–water partition coefficient (Wildman–Crippen LogP) is 8.20. The van der Waals surface area contributed by atoms with Crippen LogP contribution in [0.25, 0.3) is 0 Å². The minimum absolute atomic E-state index is 0.0510. The van der Waals surface area contributed by atoms with Crippen molar-refractivity contribution >= 4 is 5.78 Å². The van der Waals surface area contributed by atoms with Gasteiger partial charge in [0.05, 0.1) is 12.7 Å². The van der Waals surface area contributed by atoms with Crippen LogP contribution in [0.1, 0.15) is 62.6 Å². The maximum absolute atomic E-state index is 12.2. The van der Waals surface area contributed by atoms with Gasteiger partial charge in [0, 0.05) is 11.3 Å². The van der Waals surface area contributed by atoms with Crippen molar-refractivity contribution in [3.8, 4) is 0 Å². The van der Waals surface area contributed by atoms with E-state index in [9.17, 15) is 9.90 Å². The number of rotatable bonds is 6. The van der Waals surface area contributed by atoms with Crippen molar-refractivity contribution in [3.63, 3.8) is 0 Å². The lowest BCUT2D eigenvalue weighted by molar-refractivity contribution is -0.112. The molecular formula is C40H42O3. The molecule has 3 fully saturated rings. The van der Waals surface area contributed by atoms with Crippen molar-refractivity contribution in [1.29, 1.82) is 0 Å². The molecule has 0 amide bonds. The number of carbonyl (C=O) groups is 1. The van der Waals surface area contributed by atoms with Gasteiger partial charge < -0.3 is 9.84 Å². The molecule has 0 bridgehead atoms. The first-order chi connectivity index (χ1) is 20.9. The molecule has 0 heterocycles. The number of allylic oxidation sites excluding steroid dienone is 5. The largest absolute Gasteiger partial charge is 0.393 e. The van der Waals surface area contributed by atoms with Gasteiger partial charge in [-0.1, -0.05) is 128 Å². The minimum Gasteiger partial charge on any atom is -0.393 e. The van der Waals surface area contributed by atoms with E-state index in [2.05, 4.69) is 117 Å². The van der Waals surface area contributed by atoms with Gasteiger partial charge in [-0.25, -0.2) is 0 Å². The summed E-state index contributed by atoms with van der Waals surface area (Å²) >= 11 is 0. The van der Waals surface area contributed by atoms with E-state index in [1.807, 2.05) is 6.08 Å². The van der Waals surface area contributed by atoms with E-state index in [-0.39, 0.29) is 22.5 Å². The number of benzene rings is 3. The average Bonchev–Trinajstić information content (AvgIpc) is 3.36. The van der Waals surface area contributed by atoms with Crippen molar-refractivity contribution < 1.29 is 14.6 Å². The number of ether oxygens (including phenoxy) is 1. The van der Waals surface area contributed by atoms with Gasteiger partial charge in [-0.3, -0.25) is 4.79 Å². The molecule has 43 heavy (non-hydrogen) atoms. The highest BCUT2D eigenvalue weighted by Gasteiger charge is 2.60. The van der Waals surface area contributed by atoms with Crippen molar-refractivity contribution in [3.05, 3.63) is 143 Å². The van der Waals surface area contributed by atoms with E-state index < -0.39 is 11.7 Å². The fourth-order valence-corrected chi connectivity index (χ4v) is 9.54. The van der Waals surface area contributed by atoms with Crippen molar-refractivity contribution in [2.45, 2.75) is 57.7 Å². The third-order valence-corrected chi connectivity index (χ3v) is 11.5. The molecule has 3 aromatic carbocycles. The molecule has 220 valence electrons. The lowest BCUT2D eigenvalue weighted by Gasteiger charge is -2.58. The Morgan fingerprint density at radius 1 is 0.860 bits per heavy atom. The van der Waals surface area contributed by atoms with Crippen LogP contribution in [0, 0.1) is 28.6 Å². The van der Waals surface area contributed by atoms with E-state index >= 15 is 0 Å². The van der Waals surface area contributed by atoms with Crippen molar-refractivity contribution in [2.24, 2.45) is 28.6 Å². The molecule has 4 aliphatic rings. The van der Waals surface area contributed by atoms with Gasteiger partial charge in [0.25, 0.3) is 0 Å². The van der Waals surface area contributed by atoms with Gasteiger partial charge >= 0.3 is 0 Å². The predicted molar refractivity (Wildman–Crippen MR) is 171 cm³/mol. The van der Waals surface area contributed by atoms with Crippen LogP contribution in [0.2, 0.25) is 0 Å². The van der Waals surface area contributed by atoms with Gasteiger partial charge in [-0.05, 0) is 78.2 Å². The van der Waals surface area contributed by atoms with Crippen LogP contribution in [-0.4, -0.2) is 23.6 Å². The molecule has 6 atom stereocenters. The van der Waals surface area contributed by atoms with Gasteiger partial charge in [0.2, 0.25) is 0 Å². The number of ketones is 1. The van der Waals surface area contributed by atoms with Crippen molar-refractivity contribution in [2.75, 3.05) is 6.61 Å². The lowest BCUT2D eigenvalue weighted by atomic mass is 9.47. The van der Waals surface area contributed by atoms with Gasteiger partial charge in [-0.15, -0.1) is 0 Å². The SMILES string of the molecule is CC12C=CC(=O)C=C1CCC1C2C(O)CC2(C)C(=CCOC(c3ccccc3)(c3ccccc3)c3ccccc3)CCC12. The third-order valence-electron chi connectivity index (χ3n) is 11.5. The van der Waals surface area contributed by atoms with E-state index in [4.69, 9.17) is 4.74 Å². The molecule has 1 N–H and O–H groups in total. The summed E-state index contributed by atoms with van der Waals surface area (Å²) in [7, 11) is 0. The maximum atomic E-state index is 12.2. The summed E-state index contributed by atoms with van der Waals surface area (Å²) < 4.78 is 7.12. The highest BCUT2D eigenvalue weighted by atomic mass is 16.5. The Balaban J connectivity index is 1.21. The Bertz CT molecular complexity index is 1470. The fourth-order valence-electron chi connectivity index (χ4n) is 9.54. The Labute approximate surface area is 256 Å². The zero-order valence-electron chi connectivity index (χ0n) is 25.3. The van der Waals surface area contributed by atoms with Crippen LogP contribution in [-0.2, 0) is 15.1 Å². The molecule has 3 heteroatoms. The molecule has 3 aromatic rings. The standard InChI is InChI=1S/C40H42O3/c1-38-24-22-33(41)26-32(38)18-20-34-35-21-19-28(39(35,2)27-36(42)37(34)38)23-25-43-40(29-12-6-3-7-13-29,30-14-8-4-9-15-30)31-16-10-5-11-17-31/h3-17,22-24,26,34-37,42H,18-21,25,27H2,1-2H3. The summed E-state index contributed by atoms with van der Waals surface area (Å²) in [5.41, 5.74) is 4.94. The van der Waals surface area contributed by atoms with Crippen LogP contribution in [0.4, 0.5) is 0 Å². The first kappa shape index (κ1) is 28.3. The highest BCUT2D eigenvalue weighted by molar-refractivity contribution is 6.01. The molecule has 0 aliphatic heterocycles. The van der Waals surface area contributed by atoms with Gasteiger partial charge in [0.15, 0.2) is 5.78 Å². The summed E-state index contributed by atoms with van der Waals surface area (Å²) in [5.74, 6) is 1.22. The molecule has 0 saturated heterocycles. The van der Waals surface area contributed by atoms with Gasteiger partial charge in [0.1, 0.15) is 5.60 Å². The Morgan fingerprint density at radius 2 is 1.44 bits per heavy atom. The molecule has 7 rings (SSSR count). The van der Waals surface area contributed by atoms with E-state index in [0.717, 1.165) is 48.8 Å². The van der Waals surface area contributed by atoms with Crippen LogP contribution >= 0.6 is 0 Å². The topological polar surface area (TPSA) is 46.5 Å². The van der Waals surface area contributed by atoms with Gasteiger partial charge in [-0.2, -0.15) is 0 Å². The normalized spacial score (nSPS) is 32.6. The highest BCUT2D eigenvalue weighted by Crippen LogP contribution is 2.65. The smallest absolute Gasteiger partial charge is 0.178 e. The third kappa shape index (κ3) is 4.51. The molecule has 0 spiro atoms. The minimum atomic E-state index is -0.748. The number of aliphatic hydroxyl groups is 1. The monoisotopic (exact) mass is 570 g/mol. The zero-order chi connectivity index (χ0) is 29.7. The summed E-state index contributed by atoms with van der Waals surface area (Å²) in [6.45, 7) is 5.12. The number of fused-ring (bicyclic) bond motifs is 5. The molecule has 6 unspecified atom stereocenters.